The number of hydrogen-bond acceptors (Lipinski definition) is 10. The molecule has 2 aliphatic heterocycles. The molecule has 2 heterocycles. The minimum Gasteiger partial charge on any atom is -0.345 e. The first kappa shape index (κ1) is 25.8. The summed E-state index contributed by atoms with van der Waals surface area (Å²) >= 11 is 2.38. The monoisotopic (exact) mass is 478 g/mol. The number of rotatable bonds is 10. The van der Waals surface area contributed by atoms with Crippen LogP contribution >= 0.6 is 23.5 Å². The Balaban J connectivity index is 1.87. The molecule has 0 aromatic rings. The normalized spacial score (nSPS) is 24.4. The first-order valence-electron chi connectivity index (χ1n) is 10.3. The van der Waals surface area contributed by atoms with Crippen LogP contribution in [0.5, 0.6) is 0 Å². The van der Waals surface area contributed by atoms with Crippen LogP contribution in [0, 0.1) is 22.7 Å². The van der Waals surface area contributed by atoms with Crippen molar-refractivity contribution in [1.29, 1.82) is 10.5 Å². The maximum Gasteiger partial charge on any atom is 0.220 e. The lowest BCUT2D eigenvalue weighted by Gasteiger charge is -2.20. The van der Waals surface area contributed by atoms with Gasteiger partial charge in [0.2, 0.25) is 22.0 Å². The third-order valence-electron chi connectivity index (χ3n) is 5.19. The second-order valence-corrected chi connectivity index (χ2v) is 10.3. The van der Waals surface area contributed by atoms with Crippen molar-refractivity contribution >= 4 is 45.6 Å². The SMILES string of the molecule is CC(C#N)(CCC(=O)NC1CCSC1=O)N=NC(C)(C#N)CCC(=O)NC1CCSC1=O. The number of azo groups is 1. The van der Waals surface area contributed by atoms with Crippen molar-refractivity contribution in [2.45, 2.75) is 75.5 Å². The first-order valence-corrected chi connectivity index (χ1v) is 12.3. The van der Waals surface area contributed by atoms with E-state index in [1.165, 1.54) is 37.4 Å². The Bertz CT molecular complexity index is 812. The lowest BCUT2D eigenvalue weighted by Crippen LogP contribution is -2.38. The Morgan fingerprint density at radius 2 is 1.28 bits per heavy atom. The molecule has 0 saturated carbocycles. The van der Waals surface area contributed by atoms with Gasteiger partial charge in [0.05, 0.1) is 24.2 Å². The summed E-state index contributed by atoms with van der Waals surface area (Å²) < 4.78 is 0. The minimum atomic E-state index is -1.33. The number of carbonyl (C=O) groups is 4. The largest absolute Gasteiger partial charge is 0.345 e. The van der Waals surface area contributed by atoms with E-state index in [9.17, 15) is 29.7 Å². The quantitative estimate of drug-likeness (QED) is 0.449. The van der Waals surface area contributed by atoms with Crippen LogP contribution in [0.25, 0.3) is 0 Å². The zero-order valence-corrected chi connectivity index (χ0v) is 19.7. The lowest BCUT2D eigenvalue weighted by atomic mass is 9.97. The first-order chi connectivity index (χ1) is 15.1. The number of amides is 2. The Morgan fingerprint density at radius 3 is 1.56 bits per heavy atom. The fourth-order valence-corrected chi connectivity index (χ4v) is 4.84. The molecule has 32 heavy (non-hydrogen) atoms. The van der Waals surface area contributed by atoms with E-state index in [4.69, 9.17) is 0 Å². The smallest absolute Gasteiger partial charge is 0.220 e. The van der Waals surface area contributed by atoms with Crippen molar-refractivity contribution in [2.24, 2.45) is 10.2 Å². The Morgan fingerprint density at radius 1 is 0.906 bits per heavy atom. The minimum absolute atomic E-state index is 0.0172. The average Bonchev–Trinajstić information content (AvgIpc) is 3.37. The van der Waals surface area contributed by atoms with E-state index in [1.54, 1.807) is 0 Å². The molecule has 2 saturated heterocycles. The molecule has 4 unspecified atom stereocenters. The second kappa shape index (κ2) is 11.4. The van der Waals surface area contributed by atoms with Gasteiger partial charge in [-0.15, -0.1) is 0 Å². The van der Waals surface area contributed by atoms with Gasteiger partial charge in [0.1, 0.15) is 0 Å². The highest BCUT2D eigenvalue weighted by Crippen LogP contribution is 2.25. The lowest BCUT2D eigenvalue weighted by molar-refractivity contribution is -0.125. The van der Waals surface area contributed by atoms with Gasteiger partial charge >= 0.3 is 0 Å². The number of hydrogen-bond donors (Lipinski definition) is 2. The summed E-state index contributed by atoms with van der Waals surface area (Å²) in [6, 6.07) is 3.04. The summed E-state index contributed by atoms with van der Waals surface area (Å²) in [4.78, 5) is 47.5. The molecule has 2 aliphatic rings. The van der Waals surface area contributed by atoms with Crippen LogP contribution in [0.3, 0.4) is 0 Å². The van der Waals surface area contributed by atoms with Gasteiger partial charge in [-0.25, -0.2) is 0 Å². The van der Waals surface area contributed by atoms with Gasteiger partial charge in [0.15, 0.2) is 11.1 Å². The standard InChI is InChI=1S/C20H26N6O4S2/c1-19(11-21,7-3-15(27)23-13-5-9-31-17(13)29)25-26-20(2,12-22)8-4-16(28)24-14-6-10-32-18(14)30/h13-14H,3-10H2,1-2H3,(H,23,27)(H,24,28). The van der Waals surface area contributed by atoms with E-state index in [2.05, 4.69) is 20.9 Å². The molecular weight excluding hydrogens is 452 g/mol. The molecule has 0 bridgehead atoms. The third kappa shape index (κ3) is 7.61. The average molecular weight is 479 g/mol. The van der Waals surface area contributed by atoms with E-state index in [0.29, 0.717) is 24.3 Å². The molecule has 172 valence electrons. The van der Waals surface area contributed by atoms with Gasteiger partial charge in [0.25, 0.3) is 0 Å². The highest BCUT2D eigenvalue weighted by Gasteiger charge is 2.32. The Labute approximate surface area is 195 Å². The van der Waals surface area contributed by atoms with Crippen molar-refractivity contribution in [2.75, 3.05) is 11.5 Å². The number of nitrogens with one attached hydrogen (secondary N) is 2. The zero-order valence-electron chi connectivity index (χ0n) is 18.0. The predicted molar refractivity (Wildman–Crippen MR) is 119 cm³/mol. The Hall–Kier alpha value is -2.44. The number of nitrogens with zero attached hydrogens (tertiary/aromatic N) is 4. The van der Waals surface area contributed by atoms with Crippen molar-refractivity contribution in [1.82, 2.24) is 10.6 Å². The molecule has 0 aromatic carbocycles. The van der Waals surface area contributed by atoms with Crippen LogP contribution < -0.4 is 10.6 Å². The van der Waals surface area contributed by atoms with E-state index >= 15 is 0 Å². The molecule has 0 aromatic heterocycles. The summed E-state index contributed by atoms with van der Waals surface area (Å²) in [5.74, 6) is 0.659. The number of thioether (sulfide) groups is 2. The molecule has 2 amide bonds. The van der Waals surface area contributed by atoms with E-state index < -0.39 is 23.2 Å². The van der Waals surface area contributed by atoms with Gasteiger partial charge in [-0.2, -0.15) is 20.8 Å². The fourth-order valence-electron chi connectivity index (χ4n) is 2.98. The van der Waals surface area contributed by atoms with Gasteiger partial charge in [-0.05, 0) is 39.5 Å². The summed E-state index contributed by atoms with van der Waals surface area (Å²) in [6.45, 7) is 3.02. The summed E-state index contributed by atoms with van der Waals surface area (Å²) in [5, 5.41) is 32.3. The highest BCUT2D eigenvalue weighted by molar-refractivity contribution is 8.14. The summed E-state index contributed by atoms with van der Waals surface area (Å²) in [5.41, 5.74) is -2.67. The van der Waals surface area contributed by atoms with Crippen molar-refractivity contribution in [3.05, 3.63) is 0 Å². The molecule has 0 aliphatic carbocycles. The van der Waals surface area contributed by atoms with Gasteiger partial charge < -0.3 is 10.6 Å². The van der Waals surface area contributed by atoms with Crippen LogP contribution in [-0.4, -0.2) is 56.7 Å². The van der Waals surface area contributed by atoms with Gasteiger partial charge in [0, 0.05) is 24.3 Å². The van der Waals surface area contributed by atoms with Crippen LogP contribution in [0.15, 0.2) is 10.2 Å². The second-order valence-electron chi connectivity index (χ2n) is 8.12. The topological polar surface area (TPSA) is 165 Å². The molecule has 4 atom stereocenters. The molecule has 12 heteroatoms. The maximum atomic E-state index is 12.1. The Kier molecular flexibility index (Phi) is 9.22. The molecular formula is C20H26N6O4S2. The van der Waals surface area contributed by atoms with Crippen LogP contribution in [0.2, 0.25) is 0 Å². The van der Waals surface area contributed by atoms with Gasteiger partial charge in [-0.1, -0.05) is 23.5 Å². The van der Waals surface area contributed by atoms with E-state index in [0.717, 1.165) is 0 Å². The van der Waals surface area contributed by atoms with E-state index in [-0.39, 0.29) is 47.7 Å². The van der Waals surface area contributed by atoms with Crippen molar-refractivity contribution in [3.63, 3.8) is 0 Å². The van der Waals surface area contributed by atoms with Gasteiger partial charge in [-0.3, -0.25) is 19.2 Å². The number of nitriles is 2. The highest BCUT2D eigenvalue weighted by atomic mass is 32.2. The summed E-state index contributed by atoms with van der Waals surface area (Å²) in [7, 11) is 0. The molecule has 2 rings (SSSR count). The van der Waals surface area contributed by atoms with Crippen LogP contribution in [0.1, 0.15) is 52.4 Å². The maximum absolute atomic E-state index is 12.1. The predicted octanol–water partition coefficient (Wildman–Crippen LogP) is 1.86. The van der Waals surface area contributed by atoms with Crippen molar-refractivity contribution < 1.29 is 19.2 Å². The van der Waals surface area contributed by atoms with Crippen LogP contribution in [-0.2, 0) is 19.2 Å². The van der Waals surface area contributed by atoms with Crippen molar-refractivity contribution in [3.8, 4) is 12.1 Å². The molecule has 10 nitrogen and oxygen atoms in total. The molecule has 2 N–H and O–H groups in total. The molecule has 0 radical (unpaired) electrons. The summed E-state index contributed by atoms with van der Waals surface area (Å²) in [6.07, 6.45) is 1.28. The molecule has 0 spiro atoms. The fraction of sp³-hybridized carbons (Fsp3) is 0.700. The van der Waals surface area contributed by atoms with E-state index in [1.807, 2.05) is 12.1 Å². The molecule has 2 fully saturated rings. The number of carbonyl (C=O) groups excluding carboxylic acids is 4. The third-order valence-corrected chi connectivity index (χ3v) is 7.21. The zero-order chi connectivity index (χ0) is 23.8. The van der Waals surface area contributed by atoms with Crippen LogP contribution in [0.4, 0.5) is 0 Å².